The van der Waals surface area contributed by atoms with E-state index in [-0.39, 0.29) is 5.76 Å². The van der Waals surface area contributed by atoms with Gasteiger partial charge in [-0.2, -0.15) is 0 Å². The van der Waals surface area contributed by atoms with E-state index in [1.807, 2.05) is 7.05 Å². The number of likely N-dealkylation sites (tertiary alicyclic amines) is 1. The molecule has 0 atom stereocenters. The van der Waals surface area contributed by atoms with E-state index >= 15 is 0 Å². The largest absolute Gasteiger partial charge is 0.572 e. The van der Waals surface area contributed by atoms with Gasteiger partial charge < -0.3 is 10.1 Å². The number of nitrogens with zero attached hydrogens (tertiary/aromatic N) is 1. The van der Waals surface area contributed by atoms with E-state index in [0.717, 1.165) is 31.5 Å². The van der Waals surface area contributed by atoms with Gasteiger partial charge in [-0.05, 0) is 51.6 Å². The van der Waals surface area contributed by atoms with E-state index in [9.17, 15) is 13.2 Å². The molecule has 1 saturated heterocycles. The molecule has 0 unspecified atom stereocenters. The van der Waals surface area contributed by atoms with Crippen LogP contribution >= 0.6 is 0 Å². The monoisotopic (exact) mass is 304 g/mol. The molecule has 1 aliphatic rings. The number of alkyl halides is 3. The molecular weight excluding hydrogens is 281 g/mol. The van der Waals surface area contributed by atoms with Crippen molar-refractivity contribution in [3.8, 4) is 0 Å². The predicted molar refractivity (Wildman–Crippen MR) is 77.7 cm³/mol. The fourth-order valence-corrected chi connectivity index (χ4v) is 2.26. The fourth-order valence-electron chi connectivity index (χ4n) is 2.26. The lowest BCUT2D eigenvalue weighted by Crippen LogP contribution is -2.41. The summed E-state index contributed by atoms with van der Waals surface area (Å²) in [6.07, 6.45) is 2.13. The molecule has 0 spiro atoms. The maximum atomic E-state index is 12.0. The second-order valence-corrected chi connectivity index (χ2v) is 5.11. The molecule has 1 N–H and O–H groups in total. The van der Waals surface area contributed by atoms with Crippen molar-refractivity contribution in [1.82, 2.24) is 10.2 Å². The highest BCUT2D eigenvalue weighted by Crippen LogP contribution is 2.20. The summed E-state index contributed by atoms with van der Waals surface area (Å²) in [5, 5.41) is 3.26. The van der Waals surface area contributed by atoms with Crippen LogP contribution in [0.15, 0.2) is 36.1 Å². The molecule has 0 bridgehead atoms. The third-order valence-corrected chi connectivity index (χ3v) is 3.47. The Hall–Kier alpha value is -1.27. The van der Waals surface area contributed by atoms with Gasteiger partial charge in [0.2, 0.25) is 0 Å². The van der Waals surface area contributed by atoms with Crippen LogP contribution in [0.25, 0.3) is 0 Å². The maximum absolute atomic E-state index is 12.0. The van der Waals surface area contributed by atoms with Gasteiger partial charge in [0.1, 0.15) is 5.76 Å². The molecule has 0 aromatic carbocycles. The van der Waals surface area contributed by atoms with Crippen LogP contribution in [0, 0.1) is 0 Å². The molecule has 0 aromatic heterocycles. The topological polar surface area (TPSA) is 24.5 Å². The zero-order chi connectivity index (χ0) is 15.9. The number of hydrogen-bond donors (Lipinski definition) is 1. The lowest BCUT2D eigenvalue weighted by Gasteiger charge is -2.31. The Morgan fingerprint density at radius 1 is 1.33 bits per heavy atom. The molecule has 1 aliphatic heterocycles. The van der Waals surface area contributed by atoms with Crippen molar-refractivity contribution in [3.05, 3.63) is 36.1 Å². The van der Waals surface area contributed by atoms with Crippen LogP contribution in [-0.4, -0.2) is 44.0 Å². The van der Waals surface area contributed by atoms with Gasteiger partial charge in [0.15, 0.2) is 0 Å². The second-order valence-electron chi connectivity index (χ2n) is 5.11. The number of rotatable bonds is 6. The Labute approximate surface area is 124 Å². The van der Waals surface area contributed by atoms with Crippen LogP contribution in [-0.2, 0) is 4.74 Å². The second kappa shape index (κ2) is 8.24. The summed E-state index contributed by atoms with van der Waals surface area (Å²) in [5.41, 5.74) is 0.878. The number of allylic oxidation sites excluding steroid dienone is 3. The highest BCUT2D eigenvalue weighted by atomic mass is 19.4. The van der Waals surface area contributed by atoms with Crippen molar-refractivity contribution < 1.29 is 17.9 Å². The molecule has 3 nitrogen and oxygen atoms in total. The van der Waals surface area contributed by atoms with Crippen LogP contribution < -0.4 is 5.32 Å². The van der Waals surface area contributed by atoms with Crippen LogP contribution in [0.4, 0.5) is 13.2 Å². The van der Waals surface area contributed by atoms with Crippen molar-refractivity contribution in [1.29, 1.82) is 0 Å². The summed E-state index contributed by atoms with van der Waals surface area (Å²) >= 11 is 0. The van der Waals surface area contributed by atoms with Crippen molar-refractivity contribution in [3.63, 3.8) is 0 Å². The lowest BCUT2D eigenvalue weighted by atomic mass is 10.0. The molecular formula is C15H23F3N2O. The van der Waals surface area contributed by atoms with E-state index < -0.39 is 6.36 Å². The van der Waals surface area contributed by atoms with Gasteiger partial charge in [-0.3, -0.25) is 4.90 Å². The van der Waals surface area contributed by atoms with Gasteiger partial charge in [0.05, 0.1) is 0 Å². The highest BCUT2D eigenvalue weighted by molar-refractivity contribution is 5.24. The van der Waals surface area contributed by atoms with E-state index in [1.165, 1.54) is 13.0 Å². The number of nitrogens with one attached hydrogen (secondary N) is 1. The molecule has 0 radical (unpaired) electrons. The minimum Gasteiger partial charge on any atom is -0.411 e. The molecule has 1 fully saturated rings. The zero-order valence-electron chi connectivity index (χ0n) is 12.5. The number of piperidine rings is 1. The molecule has 0 aliphatic carbocycles. The van der Waals surface area contributed by atoms with E-state index in [4.69, 9.17) is 0 Å². The van der Waals surface area contributed by atoms with Gasteiger partial charge in [-0.25, -0.2) is 0 Å². The van der Waals surface area contributed by atoms with Crippen molar-refractivity contribution >= 4 is 0 Å². The van der Waals surface area contributed by atoms with Crippen molar-refractivity contribution in [2.45, 2.75) is 32.2 Å². The smallest absolute Gasteiger partial charge is 0.411 e. The summed E-state index contributed by atoms with van der Waals surface area (Å²) in [4.78, 5) is 2.27. The molecule has 120 valence electrons. The molecule has 0 aromatic rings. The Balaban J connectivity index is 2.53. The first-order valence-corrected chi connectivity index (χ1v) is 6.99. The Morgan fingerprint density at radius 2 is 1.95 bits per heavy atom. The molecule has 6 heteroatoms. The Bertz CT molecular complexity index is 394. The minimum absolute atomic E-state index is 0.184. The average Bonchev–Trinajstić information content (AvgIpc) is 2.42. The minimum atomic E-state index is -4.64. The van der Waals surface area contributed by atoms with Crippen LogP contribution in [0.3, 0.4) is 0 Å². The summed E-state index contributed by atoms with van der Waals surface area (Å²) in [7, 11) is 1.96. The molecule has 21 heavy (non-hydrogen) atoms. The number of hydrogen-bond acceptors (Lipinski definition) is 3. The third-order valence-electron chi connectivity index (χ3n) is 3.47. The van der Waals surface area contributed by atoms with Gasteiger partial charge >= 0.3 is 6.36 Å². The number of halogens is 3. The summed E-state index contributed by atoms with van der Waals surface area (Å²) in [6, 6.07) is 0.555. The van der Waals surface area contributed by atoms with E-state index in [2.05, 4.69) is 21.5 Å². The normalized spacial score (nSPS) is 19.7. The van der Waals surface area contributed by atoms with E-state index in [1.54, 1.807) is 12.2 Å². The summed E-state index contributed by atoms with van der Waals surface area (Å²) in [6.45, 7) is 7.62. The van der Waals surface area contributed by atoms with Crippen molar-refractivity contribution in [2.75, 3.05) is 26.7 Å². The highest BCUT2D eigenvalue weighted by Gasteiger charge is 2.30. The molecule has 0 saturated carbocycles. The maximum Gasteiger partial charge on any atom is 0.572 e. The molecule has 0 amide bonds. The zero-order valence-corrected chi connectivity index (χ0v) is 12.5. The first kappa shape index (κ1) is 17.8. The standard InChI is InChI=1S/C15H23F3N2O/c1-4-13(6-5-12(2)21-15(16,17)18)11-20-9-7-14(19-3)8-10-20/h4-6,14,19H,1,7-11H2,2-3H3/b12-5+,13-6+. The van der Waals surface area contributed by atoms with Crippen LogP contribution in [0.1, 0.15) is 19.8 Å². The molecule has 1 heterocycles. The third kappa shape index (κ3) is 7.34. The van der Waals surface area contributed by atoms with Crippen LogP contribution in [0.2, 0.25) is 0 Å². The number of ether oxygens (including phenoxy) is 1. The van der Waals surface area contributed by atoms with Crippen LogP contribution in [0.5, 0.6) is 0 Å². The fraction of sp³-hybridized carbons (Fsp3) is 0.600. The van der Waals surface area contributed by atoms with E-state index in [0.29, 0.717) is 12.6 Å². The van der Waals surface area contributed by atoms with Gasteiger partial charge in [-0.15, -0.1) is 13.2 Å². The first-order valence-electron chi connectivity index (χ1n) is 6.99. The summed E-state index contributed by atoms with van der Waals surface area (Å²) < 4.78 is 39.9. The van der Waals surface area contributed by atoms with Gasteiger partial charge in [0.25, 0.3) is 0 Å². The van der Waals surface area contributed by atoms with Gasteiger partial charge in [-0.1, -0.05) is 18.7 Å². The first-order chi connectivity index (χ1) is 9.84. The predicted octanol–water partition coefficient (Wildman–Crippen LogP) is 3.22. The SMILES string of the molecule is C=C/C(=C\C=C(/C)OC(F)(F)F)CN1CCC(NC)CC1. The van der Waals surface area contributed by atoms with Gasteiger partial charge in [0, 0.05) is 12.6 Å². The Morgan fingerprint density at radius 3 is 2.43 bits per heavy atom. The quantitative estimate of drug-likeness (QED) is 0.602. The average molecular weight is 304 g/mol. The molecule has 1 rings (SSSR count). The van der Waals surface area contributed by atoms with Crippen molar-refractivity contribution in [2.24, 2.45) is 0 Å². The summed E-state index contributed by atoms with van der Waals surface area (Å²) in [5.74, 6) is -0.184. The lowest BCUT2D eigenvalue weighted by molar-refractivity contribution is -0.305. The Kier molecular flexibility index (Phi) is 6.98.